The van der Waals surface area contributed by atoms with Crippen molar-refractivity contribution < 1.29 is 4.74 Å². The first-order valence-corrected chi connectivity index (χ1v) is 0.816. The maximum Gasteiger partial charge on any atom is 0.0351 e. The molecular weight excluding hydrogens is 67.0 g/mol. The van der Waals surface area contributed by atoms with Crippen LogP contribution in [-0.2, 0) is 4.74 Å². The predicted molar refractivity (Wildman–Crippen MR) is 18.7 cm³/mol. The van der Waals surface area contributed by atoms with Crippen LogP contribution in [0.5, 0.6) is 0 Å². The zero-order valence-electron chi connectivity index (χ0n) is 2.99. The molecule has 0 fully saturated rings. The first-order valence-electron chi connectivity index (χ1n) is 0.816. The van der Waals surface area contributed by atoms with Gasteiger partial charge in [-0.3, -0.25) is 0 Å². The average molecular weight is 73.1 g/mol. The molecule has 2 heteroatoms. The number of hydrogen-bond acceptors (Lipinski definition) is 1. The summed E-state index contributed by atoms with van der Waals surface area (Å²) in [5.74, 6) is 0. The molecule has 1 nitrogen and oxygen atoms in total. The van der Waals surface area contributed by atoms with E-state index < -0.39 is 0 Å². The molecule has 0 aromatic rings. The lowest BCUT2D eigenvalue weighted by Gasteiger charge is -1.61. The van der Waals surface area contributed by atoms with Crippen molar-refractivity contribution in [2.75, 3.05) is 14.2 Å². The van der Waals surface area contributed by atoms with Gasteiger partial charge in [-0.25, -0.2) is 0 Å². The first kappa shape index (κ1) is 8.82. The third kappa shape index (κ3) is 22.9. The summed E-state index contributed by atoms with van der Waals surface area (Å²) in [5.41, 5.74) is 0. The van der Waals surface area contributed by atoms with Crippen LogP contribution in [0.15, 0.2) is 0 Å². The smallest absolute Gasteiger partial charge is 0.0351 e. The van der Waals surface area contributed by atoms with Crippen LogP contribution in [0.4, 0.5) is 0 Å². The largest absolute Gasteiger partial charge is 0.388 e. The normalized spacial score (nSPS) is 4.50. The summed E-state index contributed by atoms with van der Waals surface area (Å²) in [5, 5.41) is 0. The van der Waals surface area contributed by atoms with Crippen LogP contribution in [0.1, 0.15) is 0 Å². The Balaban J connectivity index is 0. The minimum absolute atomic E-state index is 0. The Bertz CT molecular complexity index is 6.00. The average Bonchev–Trinajstić information content (AvgIpc) is 0.918. The Morgan fingerprint density at radius 2 is 1.25 bits per heavy atom. The zero-order valence-corrected chi connectivity index (χ0v) is 4.14. The van der Waals surface area contributed by atoms with Crippen LogP contribution >= 0.6 is 0 Å². The van der Waals surface area contributed by atoms with Crippen molar-refractivity contribution in [3.8, 4) is 0 Å². The Morgan fingerprint density at radius 1 is 1.25 bits per heavy atom. The molecule has 0 aromatic carbocycles. The van der Waals surface area contributed by atoms with Crippen molar-refractivity contribution in [2.45, 2.75) is 0 Å². The second-order valence-electron chi connectivity index (χ2n) is 0.408. The Labute approximate surface area is 37.1 Å². The van der Waals surface area contributed by atoms with E-state index >= 15 is 0 Å². The van der Waals surface area contributed by atoms with Crippen LogP contribution in [0.25, 0.3) is 0 Å². The second kappa shape index (κ2) is 9.74. The molecule has 0 spiro atoms. The van der Waals surface area contributed by atoms with E-state index in [1.54, 1.807) is 14.2 Å². The van der Waals surface area contributed by atoms with Crippen molar-refractivity contribution in [2.24, 2.45) is 0 Å². The van der Waals surface area contributed by atoms with E-state index in [2.05, 4.69) is 4.74 Å². The van der Waals surface area contributed by atoms with Gasteiger partial charge in [-0.05, 0) is 0 Å². The standard InChI is InChI=1S/C2H6O.Al/c1-3-2;/h1-2H3;. The summed E-state index contributed by atoms with van der Waals surface area (Å²) < 4.78 is 4.25. The zero-order chi connectivity index (χ0) is 2.71. The quantitative estimate of drug-likeness (QED) is 0.363. The molecule has 3 radical (unpaired) electrons. The van der Waals surface area contributed by atoms with Crippen molar-refractivity contribution in [1.82, 2.24) is 0 Å². The van der Waals surface area contributed by atoms with Gasteiger partial charge < -0.3 is 4.74 Å². The minimum Gasteiger partial charge on any atom is -0.388 e. The monoisotopic (exact) mass is 73.0 g/mol. The van der Waals surface area contributed by atoms with Gasteiger partial charge in [0.15, 0.2) is 0 Å². The second-order valence-corrected chi connectivity index (χ2v) is 0.408. The Hall–Kier alpha value is 0.492. The molecule has 0 saturated heterocycles. The summed E-state index contributed by atoms with van der Waals surface area (Å²) in [6, 6.07) is 0. The Morgan fingerprint density at radius 3 is 1.25 bits per heavy atom. The van der Waals surface area contributed by atoms with Crippen LogP contribution in [0.3, 0.4) is 0 Å². The molecule has 0 atom stereocenters. The molecule has 0 aliphatic carbocycles. The van der Waals surface area contributed by atoms with Crippen LogP contribution < -0.4 is 0 Å². The van der Waals surface area contributed by atoms with Gasteiger partial charge in [0, 0.05) is 31.6 Å². The van der Waals surface area contributed by atoms with E-state index in [0.717, 1.165) is 0 Å². The fourth-order valence-corrected chi connectivity index (χ4v) is 0. The summed E-state index contributed by atoms with van der Waals surface area (Å²) in [6.07, 6.45) is 0. The van der Waals surface area contributed by atoms with Crippen LogP contribution in [0.2, 0.25) is 0 Å². The topological polar surface area (TPSA) is 9.23 Å². The molecule has 0 saturated carbocycles. The highest BCUT2D eigenvalue weighted by Crippen LogP contribution is 1.28. The molecule has 0 N–H and O–H groups in total. The van der Waals surface area contributed by atoms with Gasteiger partial charge in [0.25, 0.3) is 0 Å². The predicted octanol–water partition coefficient (Wildman–Crippen LogP) is -0.118. The molecule has 0 amide bonds. The van der Waals surface area contributed by atoms with Gasteiger partial charge >= 0.3 is 0 Å². The SMILES string of the molecule is COC.[Al]. The Kier molecular flexibility index (Phi) is 21.5. The van der Waals surface area contributed by atoms with E-state index in [-0.39, 0.29) is 17.4 Å². The third-order valence-electron chi connectivity index (χ3n) is 0. The number of methoxy groups -OCH3 is 1. The molecule has 0 unspecified atom stereocenters. The van der Waals surface area contributed by atoms with Crippen LogP contribution in [0, 0.1) is 0 Å². The lowest BCUT2D eigenvalue weighted by atomic mass is 11.6. The fourth-order valence-electron chi connectivity index (χ4n) is 0. The summed E-state index contributed by atoms with van der Waals surface area (Å²) in [6.45, 7) is 0. The summed E-state index contributed by atoms with van der Waals surface area (Å²) in [7, 11) is 3.25. The van der Waals surface area contributed by atoms with Crippen molar-refractivity contribution in [3.05, 3.63) is 0 Å². The molecule has 0 rings (SSSR count). The summed E-state index contributed by atoms with van der Waals surface area (Å²) >= 11 is 0. The molecule has 4 heavy (non-hydrogen) atoms. The van der Waals surface area contributed by atoms with E-state index in [1.807, 2.05) is 0 Å². The molecule has 23 valence electrons. The first-order chi connectivity index (χ1) is 1.41. The van der Waals surface area contributed by atoms with E-state index in [0.29, 0.717) is 0 Å². The molecule has 0 aliphatic heterocycles. The lowest BCUT2D eigenvalue weighted by Crippen LogP contribution is -1.55. The van der Waals surface area contributed by atoms with Crippen LogP contribution in [-0.4, -0.2) is 31.6 Å². The molecule has 0 aromatic heterocycles. The lowest BCUT2D eigenvalue weighted by molar-refractivity contribution is 0.277. The van der Waals surface area contributed by atoms with Gasteiger partial charge in [0.05, 0.1) is 0 Å². The molecular formula is C2H6AlO. The highest BCUT2D eigenvalue weighted by atomic mass is 27.0. The fraction of sp³-hybridized carbons (Fsp3) is 1.00. The van der Waals surface area contributed by atoms with Crippen molar-refractivity contribution in [3.63, 3.8) is 0 Å². The van der Waals surface area contributed by atoms with E-state index in [4.69, 9.17) is 0 Å². The highest BCUT2D eigenvalue weighted by Gasteiger charge is 1.25. The summed E-state index contributed by atoms with van der Waals surface area (Å²) in [4.78, 5) is 0. The van der Waals surface area contributed by atoms with Gasteiger partial charge in [-0.15, -0.1) is 0 Å². The number of hydrogen-bond donors (Lipinski definition) is 0. The van der Waals surface area contributed by atoms with Gasteiger partial charge in [-0.2, -0.15) is 0 Å². The molecule has 0 heterocycles. The van der Waals surface area contributed by atoms with E-state index in [1.165, 1.54) is 0 Å². The minimum atomic E-state index is 0. The van der Waals surface area contributed by atoms with Crippen molar-refractivity contribution >= 4 is 17.4 Å². The third-order valence-corrected chi connectivity index (χ3v) is 0. The van der Waals surface area contributed by atoms with E-state index in [9.17, 15) is 0 Å². The maximum absolute atomic E-state index is 4.25. The van der Waals surface area contributed by atoms with Gasteiger partial charge in [-0.1, -0.05) is 0 Å². The highest BCUT2D eigenvalue weighted by molar-refractivity contribution is 5.75. The molecule has 0 bridgehead atoms. The van der Waals surface area contributed by atoms with Crippen molar-refractivity contribution in [1.29, 1.82) is 0 Å². The number of rotatable bonds is 0. The number of ether oxygens (including phenoxy) is 1. The molecule has 0 aliphatic rings. The maximum atomic E-state index is 4.25. The van der Waals surface area contributed by atoms with Gasteiger partial charge in [0.2, 0.25) is 0 Å². The van der Waals surface area contributed by atoms with Gasteiger partial charge in [0.1, 0.15) is 0 Å².